The van der Waals surface area contributed by atoms with Gasteiger partial charge in [-0.15, -0.1) is 5.10 Å². The van der Waals surface area contributed by atoms with Crippen LogP contribution in [-0.2, 0) is 16.4 Å². The van der Waals surface area contributed by atoms with Gasteiger partial charge < -0.3 is 14.5 Å². The summed E-state index contributed by atoms with van der Waals surface area (Å²) in [6.45, 7) is 8.16. The molecule has 0 bridgehead atoms. The fraction of sp³-hybridized carbons (Fsp3) is 0.417. The van der Waals surface area contributed by atoms with Gasteiger partial charge in [-0.25, -0.2) is 8.42 Å². The van der Waals surface area contributed by atoms with Crippen LogP contribution in [0.1, 0.15) is 25.6 Å². The minimum absolute atomic E-state index is 0.0720. The van der Waals surface area contributed by atoms with E-state index in [1.165, 1.54) is 12.1 Å². The van der Waals surface area contributed by atoms with Gasteiger partial charge in [0.05, 0.1) is 15.8 Å². The van der Waals surface area contributed by atoms with E-state index in [-0.39, 0.29) is 20.7 Å². The van der Waals surface area contributed by atoms with Crippen molar-refractivity contribution in [1.82, 2.24) is 19.7 Å². The molecule has 0 unspecified atom stereocenters. The highest BCUT2D eigenvalue weighted by molar-refractivity contribution is 9.10. The molecule has 3 aromatic rings. The Kier molecular flexibility index (Phi) is 8.51. The zero-order chi connectivity index (χ0) is 26.0. The summed E-state index contributed by atoms with van der Waals surface area (Å²) in [5.74, 6) is 0.446. The Labute approximate surface area is 230 Å². The van der Waals surface area contributed by atoms with Crippen molar-refractivity contribution in [2.24, 2.45) is 0 Å². The smallest absolute Gasteiger partial charge is 0.322 e. The summed E-state index contributed by atoms with van der Waals surface area (Å²) in [7, 11) is -1.67. The van der Waals surface area contributed by atoms with Gasteiger partial charge in [-0.1, -0.05) is 57.2 Å². The second-order valence-corrected chi connectivity index (χ2v) is 12.6. The van der Waals surface area contributed by atoms with Crippen LogP contribution >= 0.6 is 39.1 Å². The number of benzene rings is 2. The first kappa shape index (κ1) is 27.2. The largest absolute Gasteiger partial charge is 0.424 e. The third kappa shape index (κ3) is 5.99. The molecule has 1 aromatic heterocycles. The molecule has 4 rings (SSSR count). The maximum atomic E-state index is 13.2. The summed E-state index contributed by atoms with van der Waals surface area (Å²) in [5, 5.41) is 8.64. The molecule has 2 aromatic carbocycles. The molecule has 0 N–H and O–H groups in total. The maximum absolute atomic E-state index is 13.2. The topological polar surface area (TPSA) is 80.6 Å². The molecule has 1 atom stereocenters. The molecule has 0 spiro atoms. The second-order valence-electron chi connectivity index (χ2n) is 8.86. The van der Waals surface area contributed by atoms with E-state index in [2.05, 4.69) is 49.0 Å². The normalized spacial score (nSPS) is 15.8. The number of nitrogens with zero attached hydrogens (tertiary/aromatic N) is 5. The molecule has 1 aliphatic heterocycles. The summed E-state index contributed by atoms with van der Waals surface area (Å²) in [6.07, 6.45) is 0. The van der Waals surface area contributed by atoms with Gasteiger partial charge in [0.1, 0.15) is 16.5 Å². The Morgan fingerprint density at radius 3 is 2.39 bits per heavy atom. The molecule has 8 nitrogen and oxygen atoms in total. The van der Waals surface area contributed by atoms with Crippen LogP contribution in [0.5, 0.6) is 11.8 Å². The van der Waals surface area contributed by atoms with Crippen LogP contribution in [0.3, 0.4) is 0 Å². The van der Waals surface area contributed by atoms with Gasteiger partial charge in [0.25, 0.3) is 0 Å². The number of likely N-dealkylation sites (N-methyl/N-ethyl adjacent to an activating group) is 1. The van der Waals surface area contributed by atoms with E-state index < -0.39 is 15.8 Å². The summed E-state index contributed by atoms with van der Waals surface area (Å²) < 4.78 is 34.9. The number of aromatic nitrogens is 3. The standard InChI is InChI=1S/C24H28BrCl2N5O3S/c1-4-32-23(16(2)15-36(33,34)22-20(26)12-17(25)13-21(22)27)28-29-24(32)35-19-7-5-6-18(14-19)31-10-8-30(3)9-11-31/h5-7,12-14,16H,4,8-11,15H2,1-3H3/t16-/m0/s1. The summed E-state index contributed by atoms with van der Waals surface area (Å²) in [6, 6.07) is 11.2. The number of sulfone groups is 1. The average molecular weight is 617 g/mol. The molecular formula is C24H28BrCl2N5O3S. The molecule has 2 heterocycles. The lowest BCUT2D eigenvalue weighted by Crippen LogP contribution is -2.44. The monoisotopic (exact) mass is 615 g/mol. The first-order valence-corrected chi connectivity index (χ1v) is 14.8. The quantitative estimate of drug-likeness (QED) is 0.331. The molecule has 12 heteroatoms. The van der Waals surface area contributed by atoms with Crippen molar-refractivity contribution in [2.45, 2.75) is 31.2 Å². The zero-order valence-electron chi connectivity index (χ0n) is 20.3. The van der Waals surface area contributed by atoms with E-state index >= 15 is 0 Å². The number of hydrogen-bond acceptors (Lipinski definition) is 7. The molecular weight excluding hydrogens is 589 g/mol. The fourth-order valence-electron chi connectivity index (χ4n) is 4.26. The highest BCUT2D eigenvalue weighted by Crippen LogP contribution is 2.35. The van der Waals surface area contributed by atoms with Crippen molar-refractivity contribution in [3.63, 3.8) is 0 Å². The third-order valence-electron chi connectivity index (χ3n) is 6.14. The van der Waals surface area contributed by atoms with Crippen LogP contribution in [0.2, 0.25) is 10.0 Å². The van der Waals surface area contributed by atoms with Crippen molar-refractivity contribution in [1.29, 1.82) is 0 Å². The zero-order valence-corrected chi connectivity index (χ0v) is 24.2. The van der Waals surface area contributed by atoms with Crippen LogP contribution in [0.15, 0.2) is 45.8 Å². The number of ether oxygens (including phenoxy) is 1. The third-order valence-corrected chi connectivity index (χ3v) is 9.42. The fourth-order valence-corrected chi connectivity index (χ4v) is 7.86. The van der Waals surface area contributed by atoms with Crippen molar-refractivity contribution < 1.29 is 13.2 Å². The van der Waals surface area contributed by atoms with Gasteiger partial charge in [-0.3, -0.25) is 4.57 Å². The van der Waals surface area contributed by atoms with Crippen LogP contribution in [0, 0.1) is 0 Å². The first-order valence-electron chi connectivity index (χ1n) is 11.6. The number of piperazine rings is 1. The number of rotatable bonds is 8. The summed E-state index contributed by atoms with van der Waals surface area (Å²) >= 11 is 15.7. The molecule has 0 saturated carbocycles. The Hall–Kier alpha value is -1.85. The van der Waals surface area contributed by atoms with Gasteiger partial charge in [0.2, 0.25) is 0 Å². The van der Waals surface area contributed by atoms with Gasteiger partial charge in [0.15, 0.2) is 9.84 Å². The van der Waals surface area contributed by atoms with Crippen molar-refractivity contribution in [3.05, 3.63) is 56.7 Å². The van der Waals surface area contributed by atoms with E-state index in [0.29, 0.717) is 28.6 Å². The van der Waals surface area contributed by atoms with Gasteiger partial charge >= 0.3 is 6.01 Å². The van der Waals surface area contributed by atoms with Crippen molar-refractivity contribution in [2.75, 3.05) is 43.9 Å². The Morgan fingerprint density at radius 1 is 1.08 bits per heavy atom. The van der Waals surface area contributed by atoms with E-state index in [9.17, 15) is 8.42 Å². The Balaban J connectivity index is 1.54. The predicted octanol–water partition coefficient (Wildman–Crippen LogP) is 5.49. The lowest BCUT2D eigenvalue weighted by Gasteiger charge is -2.34. The lowest BCUT2D eigenvalue weighted by molar-refractivity contribution is 0.312. The van der Waals surface area contributed by atoms with E-state index in [1.54, 1.807) is 11.5 Å². The average Bonchev–Trinajstić information content (AvgIpc) is 3.21. The van der Waals surface area contributed by atoms with Crippen LogP contribution in [0.25, 0.3) is 0 Å². The summed E-state index contributed by atoms with van der Waals surface area (Å²) in [4.78, 5) is 4.55. The van der Waals surface area contributed by atoms with E-state index in [1.807, 2.05) is 25.1 Å². The Bertz CT molecular complexity index is 1320. The molecule has 1 saturated heterocycles. The number of halogens is 3. The van der Waals surface area contributed by atoms with Crippen molar-refractivity contribution in [3.8, 4) is 11.8 Å². The number of anilines is 1. The maximum Gasteiger partial charge on any atom is 0.322 e. The molecule has 194 valence electrons. The van der Waals surface area contributed by atoms with Crippen LogP contribution in [0.4, 0.5) is 5.69 Å². The summed E-state index contributed by atoms with van der Waals surface area (Å²) in [5.41, 5.74) is 1.09. The van der Waals surface area contributed by atoms with Crippen LogP contribution < -0.4 is 9.64 Å². The van der Waals surface area contributed by atoms with E-state index in [4.69, 9.17) is 27.9 Å². The molecule has 1 aliphatic rings. The minimum atomic E-state index is -3.80. The van der Waals surface area contributed by atoms with Gasteiger partial charge in [-0.05, 0) is 38.2 Å². The Morgan fingerprint density at radius 2 is 1.75 bits per heavy atom. The molecule has 0 amide bonds. The van der Waals surface area contributed by atoms with Gasteiger partial charge in [-0.2, -0.15) is 0 Å². The van der Waals surface area contributed by atoms with Crippen LogP contribution in [-0.4, -0.2) is 67.1 Å². The lowest BCUT2D eigenvalue weighted by atomic mass is 10.2. The molecule has 36 heavy (non-hydrogen) atoms. The molecule has 1 fully saturated rings. The van der Waals surface area contributed by atoms with E-state index in [0.717, 1.165) is 31.9 Å². The van der Waals surface area contributed by atoms with Gasteiger partial charge in [0, 0.05) is 54.9 Å². The van der Waals surface area contributed by atoms with Crippen molar-refractivity contribution >= 4 is 54.7 Å². The molecule has 0 radical (unpaired) electrons. The highest BCUT2D eigenvalue weighted by Gasteiger charge is 2.28. The minimum Gasteiger partial charge on any atom is -0.424 e. The second kappa shape index (κ2) is 11.3. The SMILES string of the molecule is CCn1c(Oc2cccc(N3CCN(C)CC3)c2)nnc1[C@@H](C)CS(=O)(=O)c1c(Cl)cc(Br)cc1Cl. The first-order chi connectivity index (χ1) is 17.1. The predicted molar refractivity (Wildman–Crippen MR) is 147 cm³/mol. The highest BCUT2D eigenvalue weighted by atomic mass is 79.9. The number of hydrogen-bond donors (Lipinski definition) is 0. The molecule has 0 aliphatic carbocycles.